The van der Waals surface area contributed by atoms with Gasteiger partial charge in [0.1, 0.15) is 22.8 Å². The second-order valence-electron chi connectivity index (χ2n) is 3.78. The predicted octanol–water partition coefficient (Wildman–Crippen LogP) is 3.73. The minimum atomic E-state index is -0.535. The van der Waals surface area contributed by atoms with Gasteiger partial charge < -0.3 is 9.26 Å². The Morgan fingerprint density at radius 2 is 2.26 bits per heavy atom. The zero-order valence-corrected chi connectivity index (χ0v) is 12.0. The van der Waals surface area contributed by atoms with E-state index < -0.39 is 11.8 Å². The summed E-state index contributed by atoms with van der Waals surface area (Å²) in [6.45, 7) is 3.56. The molecule has 0 aliphatic heterocycles. The molecule has 0 aliphatic rings. The van der Waals surface area contributed by atoms with Crippen molar-refractivity contribution in [2.24, 2.45) is 0 Å². The van der Waals surface area contributed by atoms with Crippen molar-refractivity contribution in [3.63, 3.8) is 0 Å². The van der Waals surface area contributed by atoms with Crippen molar-refractivity contribution >= 4 is 21.9 Å². The van der Waals surface area contributed by atoms with Crippen molar-refractivity contribution in [2.75, 3.05) is 6.61 Å². The smallest absolute Gasteiger partial charge is 0.344 e. The molecule has 0 unspecified atom stereocenters. The normalized spacial score (nSPS) is 10.5. The third-order valence-electron chi connectivity index (χ3n) is 2.55. The van der Waals surface area contributed by atoms with Crippen LogP contribution in [-0.4, -0.2) is 17.7 Å². The Balaban J connectivity index is 2.57. The van der Waals surface area contributed by atoms with Crippen LogP contribution in [0.5, 0.6) is 0 Å². The molecule has 0 radical (unpaired) electrons. The zero-order valence-electron chi connectivity index (χ0n) is 10.4. The maximum Gasteiger partial charge on any atom is 0.344 e. The van der Waals surface area contributed by atoms with Gasteiger partial charge >= 0.3 is 5.97 Å². The summed E-state index contributed by atoms with van der Waals surface area (Å²) in [7, 11) is 0. The number of ether oxygens (including phenoxy) is 1. The van der Waals surface area contributed by atoms with Gasteiger partial charge in [-0.15, -0.1) is 0 Å². The molecule has 0 fully saturated rings. The van der Waals surface area contributed by atoms with Crippen molar-refractivity contribution in [3.05, 3.63) is 39.8 Å². The molecular formula is C13H11BrFNO3. The molecule has 2 aromatic rings. The molecule has 0 saturated carbocycles. The van der Waals surface area contributed by atoms with E-state index in [9.17, 15) is 9.18 Å². The molecule has 1 aromatic carbocycles. The lowest BCUT2D eigenvalue weighted by molar-refractivity contribution is 0.0525. The fourth-order valence-corrected chi connectivity index (χ4v) is 2.14. The van der Waals surface area contributed by atoms with E-state index in [0.717, 1.165) is 0 Å². The van der Waals surface area contributed by atoms with Gasteiger partial charge in [-0.1, -0.05) is 17.3 Å². The van der Waals surface area contributed by atoms with Crippen LogP contribution >= 0.6 is 15.9 Å². The van der Waals surface area contributed by atoms with E-state index in [2.05, 4.69) is 21.1 Å². The van der Waals surface area contributed by atoms with Crippen LogP contribution in [0.15, 0.2) is 27.2 Å². The van der Waals surface area contributed by atoms with Crippen LogP contribution in [0.1, 0.15) is 23.0 Å². The summed E-state index contributed by atoms with van der Waals surface area (Å²) in [6, 6.07) is 4.49. The Kier molecular flexibility index (Phi) is 3.99. The molecule has 0 saturated heterocycles. The monoisotopic (exact) mass is 327 g/mol. The molecule has 0 N–H and O–H groups in total. The highest BCUT2D eigenvalue weighted by Gasteiger charge is 2.24. The minimum absolute atomic E-state index is 0.216. The molecule has 0 bridgehead atoms. The molecule has 1 aromatic heterocycles. The van der Waals surface area contributed by atoms with Gasteiger partial charge in [-0.2, -0.15) is 0 Å². The maximum atomic E-state index is 13.5. The fraction of sp³-hybridized carbons (Fsp3) is 0.231. The van der Waals surface area contributed by atoms with Crippen molar-refractivity contribution in [1.29, 1.82) is 0 Å². The third kappa shape index (κ3) is 2.53. The largest absolute Gasteiger partial charge is 0.462 e. The summed E-state index contributed by atoms with van der Waals surface area (Å²) < 4.78 is 23.7. The summed E-state index contributed by atoms with van der Waals surface area (Å²) in [5.74, 6) is -0.634. The van der Waals surface area contributed by atoms with Gasteiger partial charge in [0, 0.05) is 5.56 Å². The summed E-state index contributed by atoms with van der Waals surface area (Å²) in [5.41, 5.74) is 0.926. The number of aromatic nitrogens is 1. The van der Waals surface area contributed by atoms with E-state index in [0.29, 0.717) is 11.3 Å². The average molecular weight is 328 g/mol. The molecule has 19 heavy (non-hydrogen) atoms. The summed E-state index contributed by atoms with van der Waals surface area (Å²) in [6.07, 6.45) is 0. The summed E-state index contributed by atoms with van der Waals surface area (Å²) in [5, 5.41) is 3.82. The summed E-state index contributed by atoms with van der Waals surface area (Å²) >= 11 is 3.14. The van der Waals surface area contributed by atoms with Gasteiger partial charge in [0.25, 0.3) is 0 Å². The van der Waals surface area contributed by atoms with Gasteiger partial charge in [-0.3, -0.25) is 0 Å². The lowest BCUT2D eigenvalue weighted by Crippen LogP contribution is -2.06. The minimum Gasteiger partial charge on any atom is -0.462 e. The molecule has 1 heterocycles. The highest BCUT2D eigenvalue weighted by molar-refractivity contribution is 9.10. The van der Waals surface area contributed by atoms with E-state index in [1.54, 1.807) is 19.9 Å². The molecule has 0 amide bonds. The van der Waals surface area contributed by atoms with Gasteiger partial charge in [-0.25, -0.2) is 9.18 Å². The topological polar surface area (TPSA) is 52.3 Å². The zero-order chi connectivity index (χ0) is 14.0. The maximum absolute atomic E-state index is 13.5. The van der Waals surface area contributed by atoms with Crippen LogP contribution in [-0.2, 0) is 4.74 Å². The highest BCUT2D eigenvalue weighted by atomic mass is 79.9. The van der Waals surface area contributed by atoms with E-state index in [1.165, 1.54) is 12.1 Å². The third-order valence-corrected chi connectivity index (χ3v) is 3.35. The SMILES string of the molecule is CCOC(=O)c1c(-c2cccc(F)c2Br)noc1C. The molecule has 100 valence electrons. The van der Waals surface area contributed by atoms with Crippen LogP contribution < -0.4 is 0 Å². The molecular weight excluding hydrogens is 317 g/mol. The van der Waals surface area contributed by atoms with E-state index >= 15 is 0 Å². The second kappa shape index (κ2) is 5.52. The van der Waals surface area contributed by atoms with Crippen LogP contribution in [0.2, 0.25) is 0 Å². The van der Waals surface area contributed by atoms with E-state index in [-0.39, 0.29) is 22.3 Å². The highest BCUT2D eigenvalue weighted by Crippen LogP contribution is 2.33. The molecule has 2 rings (SSSR count). The van der Waals surface area contributed by atoms with Crippen LogP contribution in [0.25, 0.3) is 11.3 Å². The molecule has 0 spiro atoms. The molecule has 0 atom stereocenters. The molecule has 6 heteroatoms. The van der Waals surface area contributed by atoms with Gasteiger partial charge in [0.2, 0.25) is 0 Å². The van der Waals surface area contributed by atoms with Gasteiger partial charge in [-0.05, 0) is 35.8 Å². The predicted molar refractivity (Wildman–Crippen MR) is 70.3 cm³/mol. The number of nitrogens with zero attached hydrogens (tertiary/aromatic N) is 1. The number of halogens is 2. The number of aryl methyl sites for hydroxylation is 1. The van der Waals surface area contributed by atoms with E-state index in [1.807, 2.05) is 0 Å². The number of carbonyl (C=O) groups is 1. The van der Waals surface area contributed by atoms with Gasteiger partial charge in [0.05, 0.1) is 11.1 Å². The molecule has 0 aliphatic carbocycles. The number of esters is 1. The van der Waals surface area contributed by atoms with Crippen LogP contribution in [0.3, 0.4) is 0 Å². The number of benzene rings is 1. The average Bonchev–Trinajstić information content (AvgIpc) is 2.75. The Morgan fingerprint density at radius 1 is 1.53 bits per heavy atom. The van der Waals surface area contributed by atoms with Crippen molar-refractivity contribution in [3.8, 4) is 11.3 Å². The first-order chi connectivity index (χ1) is 9.06. The number of hydrogen-bond donors (Lipinski definition) is 0. The first kappa shape index (κ1) is 13.7. The van der Waals surface area contributed by atoms with Gasteiger partial charge in [0.15, 0.2) is 0 Å². The van der Waals surface area contributed by atoms with Crippen LogP contribution in [0, 0.1) is 12.7 Å². The first-order valence-corrected chi connectivity index (χ1v) is 6.43. The Hall–Kier alpha value is -1.69. The standard InChI is InChI=1S/C13H11BrFNO3/c1-3-18-13(17)10-7(2)19-16-12(10)8-5-4-6-9(15)11(8)14/h4-6H,3H2,1-2H3. The molecule has 4 nitrogen and oxygen atoms in total. The lowest BCUT2D eigenvalue weighted by Gasteiger charge is -2.05. The first-order valence-electron chi connectivity index (χ1n) is 5.64. The Morgan fingerprint density at radius 3 is 2.95 bits per heavy atom. The fourth-order valence-electron chi connectivity index (χ4n) is 1.69. The number of rotatable bonds is 3. The number of hydrogen-bond acceptors (Lipinski definition) is 4. The van der Waals surface area contributed by atoms with Crippen molar-refractivity contribution in [1.82, 2.24) is 5.16 Å². The second-order valence-corrected chi connectivity index (χ2v) is 4.58. The Labute approximate surface area is 117 Å². The number of carbonyl (C=O) groups excluding carboxylic acids is 1. The lowest BCUT2D eigenvalue weighted by atomic mass is 10.1. The van der Waals surface area contributed by atoms with E-state index in [4.69, 9.17) is 9.26 Å². The van der Waals surface area contributed by atoms with Crippen molar-refractivity contribution in [2.45, 2.75) is 13.8 Å². The summed E-state index contributed by atoms with van der Waals surface area (Å²) in [4.78, 5) is 11.9. The quantitative estimate of drug-likeness (QED) is 0.806. The Bertz CT molecular complexity index is 624. The van der Waals surface area contributed by atoms with Crippen LogP contribution in [0.4, 0.5) is 4.39 Å². The van der Waals surface area contributed by atoms with Crippen molar-refractivity contribution < 1.29 is 18.4 Å².